The van der Waals surface area contributed by atoms with Gasteiger partial charge < -0.3 is 9.30 Å². The molecule has 0 fully saturated rings. The number of ether oxygens (including phenoxy) is 1. The zero-order valence-corrected chi connectivity index (χ0v) is 14.7. The van der Waals surface area contributed by atoms with Crippen LogP contribution in [0, 0.1) is 0 Å². The molecule has 5 aromatic rings. The number of hydrogen-bond acceptors (Lipinski definition) is 2. The number of aromatic nitrogens is 2. The molecule has 0 aliphatic heterocycles. The third-order valence-electron chi connectivity index (χ3n) is 5.09. The number of aryl methyl sites for hydroxylation is 1. The molecule has 0 unspecified atom stereocenters. The Morgan fingerprint density at radius 2 is 1.58 bits per heavy atom. The van der Waals surface area contributed by atoms with Crippen LogP contribution < -0.4 is 4.74 Å². The minimum atomic E-state index is 0.844. The average Bonchev–Trinajstić information content (AvgIpc) is 3.00. The van der Waals surface area contributed by atoms with Gasteiger partial charge in [-0.05, 0) is 29.7 Å². The van der Waals surface area contributed by atoms with Crippen LogP contribution in [0.25, 0.3) is 44.0 Å². The molecule has 0 amide bonds. The molecule has 3 nitrogen and oxygen atoms in total. The van der Waals surface area contributed by atoms with Crippen molar-refractivity contribution in [1.82, 2.24) is 9.55 Å². The highest BCUT2D eigenvalue weighted by molar-refractivity contribution is 6.21. The van der Waals surface area contributed by atoms with Crippen LogP contribution in [0.1, 0.15) is 0 Å². The van der Waals surface area contributed by atoms with E-state index in [2.05, 4.69) is 72.3 Å². The first-order valence-corrected chi connectivity index (χ1v) is 8.68. The average molecular weight is 338 g/mol. The second-order valence-corrected chi connectivity index (χ2v) is 6.51. The molecular weight excluding hydrogens is 320 g/mol. The molecular formula is C23H18N2O. The number of para-hydroxylation sites is 1. The summed E-state index contributed by atoms with van der Waals surface area (Å²) in [5, 5.41) is 4.73. The number of methoxy groups -OCH3 is 1. The summed E-state index contributed by atoms with van der Waals surface area (Å²) < 4.78 is 7.67. The lowest BCUT2D eigenvalue weighted by Gasteiger charge is -2.10. The number of benzene rings is 3. The van der Waals surface area contributed by atoms with Gasteiger partial charge in [0.15, 0.2) is 0 Å². The van der Waals surface area contributed by atoms with Gasteiger partial charge in [0.1, 0.15) is 11.4 Å². The summed E-state index contributed by atoms with van der Waals surface area (Å²) in [6, 6.07) is 25.1. The molecule has 126 valence electrons. The van der Waals surface area contributed by atoms with Gasteiger partial charge in [-0.3, -0.25) is 0 Å². The summed E-state index contributed by atoms with van der Waals surface area (Å²) in [5.74, 6) is 0.844. The Morgan fingerprint density at radius 1 is 0.808 bits per heavy atom. The highest BCUT2D eigenvalue weighted by atomic mass is 16.5. The van der Waals surface area contributed by atoms with Crippen molar-refractivity contribution in [3.63, 3.8) is 0 Å². The van der Waals surface area contributed by atoms with E-state index in [9.17, 15) is 0 Å². The molecule has 0 bridgehead atoms. The maximum absolute atomic E-state index is 5.48. The third kappa shape index (κ3) is 2.04. The van der Waals surface area contributed by atoms with E-state index in [0.29, 0.717) is 0 Å². The molecule has 0 aliphatic carbocycles. The number of rotatable bonds is 2. The van der Waals surface area contributed by atoms with E-state index >= 15 is 0 Å². The molecule has 0 N–H and O–H groups in total. The third-order valence-corrected chi connectivity index (χ3v) is 5.09. The fraction of sp³-hybridized carbons (Fsp3) is 0.0870. The topological polar surface area (TPSA) is 27.1 Å². The summed E-state index contributed by atoms with van der Waals surface area (Å²) in [6.45, 7) is 0. The van der Waals surface area contributed by atoms with E-state index < -0.39 is 0 Å². The first kappa shape index (κ1) is 15.0. The van der Waals surface area contributed by atoms with Crippen LogP contribution in [0.2, 0.25) is 0 Å². The molecule has 2 aromatic heterocycles. The molecule has 0 radical (unpaired) electrons. The van der Waals surface area contributed by atoms with E-state index in [0.717, 1.165) is 28.0 Å². The van der Waals surface area contributed by atoms with Crippen LogP contribution in [0.4, 0.5) is 0 Å². The second kappa shape index (κ2) is 5.60. The Bertz CT molecular complexity index is 1270. The van der Waals surface area contributed by atoms with Crippen molar-refractivity contribution in [2.45, 2.75) is 0 Å². The van der Waals surface area contributed by atoms with Crippen molar-refractivity contribution in [2.24, 2.45) is 7.05 Å². The predicted octanol–water partition coefficient (Wildman–Crippen LogP) is 5.56. The maximum Gasteiger partial charge on any atom is 0.142 e. The largest absolute Gasteiger partial charge is 0.497 e. The van der Waals surface area contributed by atoms with Crippen molar-refractivity contribution >= 4 is 32.7 Å². The van der Waals surface area contributed by atoms with Crippen LogP contribution in [0.3, 0.4) is 0 Å². The van der Waals surface area contributed by atoms with Gasteiger partial charge in [-0.15, -0.1) is 0 Å². The van der Waals surface area contributed by atoms with Crippen molar-refractivity contribution in [3.8, 4) is 17.0 Å². The van der Waals surface area contributed by atoms with E-state index in [1.165, 1.54) is 21.7 Å². The summed E-state index contributed by atoms with van der Waals surface area (Å²) >= 11 is 0. The molecule has 0 spiro atoms. The van der Waals surface area contributed by atoms with E-state index in [1.54, 1.807) is 7.11 Å². The van der Waals surface area contributed by atoms with E-state index in [-0.39, 0.29) is 0 Å². The van der Waals surface area contributed by atoms with Crippen LogP contribution >= 0.6 is 0 Å². The number of nitrogens with zero attached hydrogens (tertiary/aromatic N) is 2. The summed E-state index contributed by atoms with van der Waals surface area (Å²) in [6.07, 6.45) is 0. The SMILES string of the molecule is COc1ccc2c(c1)c(-c1ccccc1)nc1c2c2ccccc2n1C. The van der Waals surface area contributed by atoms with Crippen LogP contribution in [0.15, 0.2) is 72.8 Å². The zero-order chi connectivity index (χ0) is 17.7. The minimum absolute atomic E-state index is 0.844. The molecule has 3 heteroatoms. The minimum Gasteiger partial charge on any atom is -0.497 e. The quantitative estimate of drug-likeness (QED) is 0.421. The Morgan fingerprint density at radius 3 is 2.38 bits per heavy atom. The lowest BCUT2D eigenvalue weighted by atomic mass is 10.0. The second-order valence-electron chi connectivity index (χ2n) is 6.51. The Labute approximate surface area is 151 Å². The number of pyridine rings is 1. The molecule has 0 saturated heterocycles. The number of hydrogen-bond donors (Lipinski definition) is 0. The van der Waals surface area contributed by atoms with Gasteiger partial charge in [0.05, 0.1) is 18.3 Å². The first-order chi connectivity index (χ1) is 12.8. The van der Waals surface area contributed by atoms with Crippen molar-refractivity contribution in [1.29, 1.82) is 0 Å². The highest BCUT2D eigenvalue weighted by Gasteiger charge is 2.17. The fourth-order valence-corrected chi connectivity index (χ4v) is 3.82. The molecule has 26 heavy (non-hydrogen) atoms. The first-order valence-electron chi connectivity index (χ1n) is 8.68. The molecule has 2 heterocycles. The smallest absolute Gasteiger partial charge is 0.142 e. The van der Waals surface area contributed by atoms with E-state index in [4.69, 9.17) is 9.72 Å². The summed E-state index contributed by atoms with van der Waals surface area (Å²) in [5.41, 5.74) is 4.29. The van der Waals surface area contributed by atoms with Crippen molar-refractivity contribution in [2.75, 3.05) is 7.11 Å². The standard InChI is InChI=1S/C23H18N2O/c1-25-20-11-7-6-10-18(20)21-17-13-12-16(26-2)14-19(17)22(24-23(21)25)15-8-4-3-5-9-15/h3-14H,1-2H3. The predicted molar refractivity (Wildman–Crippen MR) is 108 cm³/mol. The normalized spacial score (nSPS) is 11.5. The molecule has 5 rings (SSSR count). The Hall–Kier alpha value is -3.33. The molecule has 3 aromatic carbocycles. The van der Waals surface area contributed by atoms with E-state index in [1.807, 2.05) is 12.1 Å². The summed E-state index contributed by atoms with van der Waals surface area (Å²) in [4.78, 5) is 5.09. The van der Waals surface area contributed by atoms with Gasteiger partial charge in [-0.1, -0.05) is 48.5 Å². The van der Waals surface area contributed by atoms with Gasteiger partial charge in [0.2, 0.25) is 0 Å². The summed E-state index contributed by atoms with van der Waals surface area (Å²) in [7, 11) is 3.79. The van der Waals surface area contributed by atoms with Gasteiger partial charge in [-0.2, -0.15) is 0 Å². The monoisotopic (exact) mass is 338 g/mol. The van der Waals surface area contributed by atoms with Crippen LogP contribution in [-0.2, 0) is 7.05 Å². The van der Waals surface area contributed by atoms with Crippen LogP contribution in [-0.4, -0.2) is 16.7 Å². The maximum atomic E-state index is 5.48. The Kier molecular flexibility index (Phi) is 3.22. The lowest BCUT2D eigenvalue weighted by Crippen LogP contribution is -1.94. The van der Waals surface area contributed by atoms with Gasteiger partial charge in [0.25, 0.3) is 0 Å². The molecule has 0 saturated carbocycles. The van der Waals surface area contributed by atoms with Gasteiger partial charge >= 0.3 is 0 Å². The van der Waals surface area contributed by atoms with Gasteiger partial charge in [0, 0.05) is 28.8 Å². The highest BCUT2D eigenvalue weighted by Crippen LogP contribution is 2.38. The van der Waals surface area contributed by atoms with Crippen LogP contribution in [0.5, 0.6) is 5.75 Å². The lowest BCUT2D eigenvalue weighted by molar-refractivity contribution is 0.415. The van der Waals surface area contributed by atoms with Gasteiger partial charge in [-0.25, -0.2) is 4.98 Å². The number of fused-ring (bicyclic) bond motifs is 5. The zero-order valence-electron chi connectivity index (χ0n) is 14.7. The molecule has 0 atom stereocenters. The van der Waals surface area contributed by atoms with Crippen molar-refractivity contribution < 1.29 is 4.74 Å². The fourth-order valence-electron chi connectivity index (χ4n) is 3.82. The molecule has 0 aliphatic rings. The Balaban J connectivity index is 2.03. The van der Waals surface area contributed by atoms with Crippen molar-refractivity contribution in [3.05, 3.63) is 72.8 Å².